The number of guanidine groups is 1. The van der Waals surface area contributed by atoms with Gasteiger partial charge in [-0.25, -0.2) is 9.98 Å². The molecule has 1 aromatic heterocycles. The SMILES string of the molecule is NC1=N[C@@H](c2ccccc2[N+](=O)[O-])n2c(nc3cc4c(cc32)OCCCO4)N1. The van der Waals surface area contributed by atoms with Crippen LogP contribution in [0.5, 0.6) is 11.5 Å². The molecule has 2 aliphatic heterocycles. The van der Waals surface area contributed by atoms with Gasteiger partial charge in [-0.3, -0.25) is 20.0 Å². The average molecular weight is 380 g/mol. The number of fused-ring (bicyclic) bond motifs is 4. The minimum Gasteiger partial charge on any atom is -0.489 e. The highest BCUT2D eigenvalue weighted by Crippen LogP contribution is 2.40. The van der Waals surface area contributed by atoms with Crippen LogP contribution in [0.2, 0.25) is 0 Å². The first-order chi connectivity index (χ1) is 13.6. The Morgan fingerprint density at radius 2 is 1.96 bits per heavy atom. The monoisotopic (exact) mass is 380 g/mol. The summed E-state index contributed by atoms with van der Waals surface area (Å²) in [5.41, 5.74) is 7.69. The maximum Gasteiger partial charge on any atom is 0.276 e. The van der Waals surface area contributed by atoms with Crippen LogP contribution in [0.4, 0.5) is 11.6 Å². The van der Waals surface area contributed by atoms with E-state index >= 15 is 0 Å². The summed E-state index contributed by atoms with van der Waals surface area (Å²) < 4.78 is 13.3. The Hall–Kier alpha value is -3.82. The Morgan fingerprint density at radius 3 is 2.75 bits per heavy atom. The molecule has 0 radical (unpaired) electrons. The van der Waals surface area contributed by atoms with E-state index in [0.717, 1.165) is 6.42 Å². The quantitative estimate of drug-likeness (QED) is 0.516. The number of nitrogens with zero attached hydrogens (tertiary/aromatic N) is 4. The van der Waals surface area contributed by atoms with Gasteiger partial charge in [-0.2, -0.15) is 0 Å². The summed E-state index contributed by atoms with van der Waals surface area (Å²) in [5.74, 6) is 1.82. The minimum atomic E-state index is -0.729. The number of nitro benzene ring substituents is 1. The van der Waals surface area contributed by atoms with Gasteiger partial charge in [-0.05, 0) is 6.07 Å². The van der Waals surface area contributed by atoms with Gasteiger partial charge in [-0.15, -0.1) is 0 Å². The maximum absolute atomic E-state index is 11.5. The molecule has 0 unspecified atom stereocenters. The highest BCUT2D eigenvalue weighted by Gasteiger charge is 2.30. The zero-order valence-electron chi connectivity index (χ0n) is 14.7. The van der Waals surface area contributed by atoms with E-state index in [1.807, 2.05) is 6.07 Å². The van der Waals surface area contributed by atoms with Crippen LogP contribution in [-0.4, -0.2) is 33.6 Å². The zero-order chi connectivity index (χ0) is 19.3. The van der Waals surface area contributed by atoms with Crippen molar-refractivity contribution in [1.82, 2.24) is 9.55 Å². The second-order valence-corrected chi connectivity index (χ2v) is 6.47. The number of nitro groups is 1. The summed E-state index contributed by atoms with van der Waals surface area (Å²) >= 11 is 0. The van der Waals surface area contributed by atoms with Gasteiger partial charge in [0.25, 0.3) is 5.69 Å². The van der Waals surface area contributed by atoms with Crippen LogP contribution < -0.4 is 20.5 Å². The van der Waals surface area contributed by atoms with Crippen molar-refractivity contribution in [3.05, 3.63) is 52.1 Å². The van der Waals surface area contributed by atoms with Crippen molar-refractivity contribution in [2.75, 3.05) is 18.5 Å². The Kier molecular flexibility index (Phi) is 3.57. The molecule has 3 N–H and O–H groups in total. The van der Waals surface area contributed by atoms with E-state index in [1.54, 1.807) is 28.8 Å². The predicted octanol–water partition coefficient (Wildman–Crippen LogP) is 2.39. The summed E-state index contributed by atoms with van der Waals surface area (Å²) in [6.07, 6.45) is 0.0614. The Labute approximate surface area is 158 Å². The summed E-state index contributed by atoms with van der Waals surface area (Å²) in [4.78, 5) is 20.1. The lowest BCUT2D eigenvalue weighted by atomic mass is 10.1. The molecule has 28 heavy (non-hydrogen) atoms. The van der Waals surface area contributed by atoms with Crippen molar-refractivity contribution in [3.63, 3.8) is 0 Å². The molecule has 2 aliphatic rings. The Balaban J connectivity index is 1.74. The van der Waals surface area contributed by atoms with Crippen molar-refractivity contribution in [2.45, 2.75) is 12.6 Å². The molecular formula is C18H16N6O4. The number of para-hydroxylation sites is 1. The molecule has 0 bridgehead atoms. The largest absolute Gasteiger partial charge is 0.489 e. The van der Waals surface area contributed by atoms with Crippen LogP contribution in [-0.2, 0) is 0 Å². The van der Waals surface area contributed by atoms with E-state index in [4.69, 9.17) is 15.2 Å². The van der Waals surface area contributed by atoms with Crippen molar-refractivity contribution >= 4 is 28.6 Å². The zero-order valence-corrected chi connectivity index (χ0v) is 14.7. The molecule has 5 rings (SSSR count). The van der Waals surface area contributed by atoms with Gasteiger partial charge in [-0.1, -0.05) is 12.1 Å². The van der Waals surface area contributed by atoms with Gasteiger partial charge in [0.05, 0.1) is 34.7 Å². The fourth-order valence-corrected chi connectivity index (χ4v) is 3.50. The van der Waals surface area contributed by atoms with Crippen molar-refractivity contribution in [1.29, 1.82) is 0 Å². The third-order valence-corrected chi connectivity index (χ3v) is 4.72. The Bertz CT molecular complexity index is 1140. The smallest absolute Gasteiger partial charge is 0.276 e. The van der Waals surface area contributed by atoms with Crippen molar-refractivity contribution < 1.29 is 14.4 Å². The van der Waals surface area contributed by atoms with Gasteiger partial charge in [0, 0.05) is 24.6 Å². The van der Waals surface area contributed by atoms with Crippen LogP contribution in [0.25, 0.3) is 11.0 Å². The second-order valence-electron chi connectivity index (χ2n) is 6.47. The van der Waals surface area contributed by atoms with E-state index in [1.165, 1.54) is 6.07 Å². The number of nitrogens with two attached hydrogens (primary N) is 1. The Morgan fingerprint density at radius 1 is 1.21 bits per heavy atom. The van der Waals surface area contributed by atoms with E-state index in [2.05, 4.69) is 15.3 Å². The van der Waals surface area contributed by atoms with Crippen molar-refractivity contribution in [3.8, 4) is 11.5 Å². The lowest BCUT2D eigenvalue weighted by Crippen LogP contribution is -2.31. The predicted molar refractivity (Wildman–Crippen MR) is 102 cm³/mol. The summed E-state index contributed by atoms with van der Waals surface area (Å²) in [6.45, 7) is 1.12. The van der Waals surface area contributed by atoms with Crippen LogP contribution in [0.15, 0.2) is 41.4 Å². The molecule has 10 nitrogen and oxygen atoms in total. The number of hydrogen-bond donors (Lipinski definition) is 2. The first-order valence-electron chi connectivity index (χ1n) is 8.77. The molecule has 142 valence electrons. The fraction of sp³-hybridized carbons (Fsp3) is 0.222. The van der Waals surface area contributed by atoms with Crippen LogP contribution in [0.3, 0.4) is 0 Å². The topological polar surface area (TPSA) is 130 Å². The van der Waals surface area contributed by atoms with Crippen molar-refractivity contribution in [2.24, 2.45) is 10.7 Å². The number of nitrogens with one attached hydrogen (secondary N) is 1. The third kappa shape index (κ3) is 2.49. The summed E-state index contributed by atoms with van der Waals surface area (Å²) in [7, 11) is 0. The number of benzene rings is 2. The van der Waals surface area contributed by atoms with E-state index in [0.29, 0.717) is 47.3 Å². The number of imidazole rings is 1. The first-order valence-corrected chi connectivity index (χ1v) is 8.77. The lowest BCUT2D eigenvalue weighted by molar-refractivity contribution is -0.385. The maximum atomic E-state index is 11.5. The molecule has 3 aromatic rings. The van der Waals surface area contributed by atoms with E-state index < -0.39 is 11.1 Å². The van der Waals surface area contributed by atoms with Crippen LogP contribution in [0.1, 0.15) is 18.2 Å². The normalized spacial score (nSPS) is 18.0. The summed E-state index contributed by atoms with van der Waals surface area (Å²) in [6, 6.07) is 10.1. The molecular weight excluding hydrogens is 364 g/mol. The molecule has 3 heterocycles. The lowest BCUT2D eigenvalue weighted by Gasteiger charge is -2.23. The third-order valence-electron chi connectivity index (χ3n) is 4.72. The standard InChI is InChI=1S/C18H16N6O4/c19-17-21-16(10-4-1-2-5-12(10)24(25)26)23-13-9-15-14(27-6-3-7-28-15)8-11(13)20-18(23)22-17/h1-2,4-5,8-9,16H,3,6-7H2,(H3,19,20,21,22)/t16-/m1/s1. The molecule has 10 heteroatoms. The summed E-state index contributed by atoms with van der Waals surface area (Å²) in [5, 5.41) is 14.5. The van der Waals surface area contributed by atoms with Gasteiger partial charge < -0.3 is 15.2 Å². The van der Waals surface area contributed by atoms with Gasteiger partial charge in [0.15, 0.2) is 23.6 Å². The average Bonchev–Trinajstić information content (AvgIpc) is 2.87. The van der Waals surface area contributed by atoms with Gasteiger partial charge >= 0.3 is 0 Å². The number of rotatable bonds is 2. The number of hydrogen-bond acceptors (Lipinski definition) is 8. The molecule has 0 saturated heterocycles. The van der Waals surface area contributed by atoms with Crippen LogP contribution >= 0.6 is 0 Å². The highest BCUT2D eigenvalue weighted by atomic mass is 16.6. The molecule has 0 fully saturated rings. The fourth-order valence-electron chi connectivity index (χ4n) is 3.50. The number of aromatic nitrogens is 2. The van der Waals surface area contributed by atoms with E-state index in [-0.39, 0.29) is 11.6 Å². The molecule has 2 aromatic carbocycles. The molecule has 0 saturated carbocycles. The van der Waals surface area contributed by atoms with Crippen LogP contribution in [0, 0.1) is 10.1 Å². The number of aliphatic imine (C=N–C) groups is 1. The minimum absolute atomic E-state index is 0.0342. The number of ether oxygens (including phenoxy) is 2. The number of anilines is 1. The first kappa shape index (κ1) is 16.4. The molecule has 0 spiro atoms. The second kappa shape index (κ2) is 6.12. The molecule has 0 amide bonds. The van der Waals surface area contributed by atoms with Gasteiger partial charge in [0.1, 0.15) is 0 Å². The molecule has 0 aliphatic carbocycles. The van der Waals surface area contributed by atoms with Gasteiger partial charge in [0.2, 0.25) is 5.95 Å². The highest BCUT2D eigenvalue weighted by molar-refractivity contribution is 5.95. The molecule has 1 atom stereocenters. The van der Waals surface area contributed by atoms with E-state index in [9.17, 15) is 10.1 Å².